The monoisotopic (exact) mass is 626 g/mol. The van der Waals surface area contributed by atoms with Crippen LogP contribution in [0.5, 0.6) is 0 Å². The van der Waals surface area contributed by atoms with Crippen LogP contribution in [0.15, 0.2) is 42.5 Å². The number of carbonyl (C=O) groups is 1. The molecule has 0 aromatic heterocycles. The summed E-state index contributed by atoms with van der Waals surface area (Å²) in [6.45, 7) is 11.7. The molecule has 0 saturated carbocycles. The minimum Gasteiger partial charge on any atom is -0.368 e. The lowest BCUT2D eigenvalue weighted by molar-refractivity contribution is -0.137. The van der Waals surface area contributed by atoms with Crippen LogP contribution in [0.3, 0.4) is 0 Å². The van der Waals surface area contributed by atoms with Gasteiger partial charge in [0.05, 0.1) is 21.3 Å². The number of hydrogen-bond donors (Lipinski definition) is 1. The summed E-state index contributed by atoms with van der Waals surface area (Å²) in [5.41, 5.74) is 1.97. The van der Waals surface area contributed by atoms with E-state index in [0.717, 1.165) is 18.2 Å². The first-order valence-corrected chi connectivity index (χ1v) is 16.1. The molecule has 4 rings (SSSR count). The van der Waals surface area contributed by atoms with Crippen LogP contribution in [-0.4, -0.2) is 70.6 Å². The zero-order valence-electron chi connectivity index (χ0n) is 24.8. The number of amides is 2. The summed E-state index contributed by atoms with van der Waals surface area (Å²) in [5.74, 6) is 0.415. The van der Waals surface area contributed by atoms with Gasteiger partial charge in [-0.2, -0.15) is 13.2 Å². The zero-order chi connectivity index (χ0) is 30.7. The van der Waals surface area contributed by atoms with E-state index in [0.29, 0.717) is 69.2 Å². The Hall–Kier alpha value is -2.30. The zero-order valence-corrected chi connectivity index (χ0v) is 26.4. The summed E-state index contributed by atoms with van der Waals surface area (Å²) >= 11 is 6.02. The minimum absolute atomic E-state index is 0.0210. The van der Waals surface area contributed by atoms with Crippen molar-refractivity contribution in [3.05, 3.63) is 64.2 Å². The Balaban J connectivity index is 1.36. The number of nitrogens with zero attached hydrogens (tertiary/aromatic N) is 3. The van der Waals surface area contributed by atoms with Crippen molar-refractivity contribution in [2.24, 2.45) is 5.92 Å². The van der Waals surface area contributed by atoms with Gasteiger partial charge in [-0.15, -0.1) is 0 Å². The van der Waals surface area contributed by atoms with E-state index < -0.39 is 22.7 Å². The molecule has 2 amide bonds. The van der Waals surface area contributed by atoms with Crippen molar-refractivity contribution in [3.8, 4) is 0 Å². The van der Waals surface area contributed by atoms with E-state index in [4.69, 9.17) is 11.6 Å². The number of aryl methyl sites for hydroxylation is 1. The van der Waals surface area contributed by atoms with Gasteiger partial charge in [0.1, 0.15) is 0 Å². The van der Waals surface area contributed by atoms with Gasteiger partial charge in [0.2, 0.25) is 0 Å². The maximum Gasteiger partial charge on any atom is 0.416 e. The lowest BCUT2D eigenvalue weighted by atomic mass is 9.97. The normalized spacial score (nSPS) is 19.7. The van der Waals surface area contributed by atoms with E-state index in [2.05, 4.69) is 9.62 Å². The third kappa shape index (κ3) is 8.41. The number of anilines is 1. The number of alkyl halides is 3. The quantitative estimate of drug-likeness (QED) is 0.354. The van der Waals surface area contributed by atoms with E-state index in [9.17, 15) is 22.2 Å². The van der Waals surface area contributed by atoms with Crippen molar-refractivity contribution in [1.82, 2.24) is 14.5 Å². The molecule has 2 aromatic rings. The molecule has 6 nitrogen and oxygen atoms in total. The highest BCUT2D eigenvalue weighted by Gasteiger charge is 2.34. The van der Waals surface area contributed by atoms with Gasteiger partial charge in [-0.05, 0) is 87.4 Å². The van der Waals surface area contributed by atoms with Gasteiger partial charge in [0.15, 0.2) is 0 Å². The lowest BCUT2D eigenvalue weighted by Crippen LogP contribution is -2.52. The SMILES string of the molecule is CC(CCc1cc(C(F)(F)F)ccc1N1CCN(C(=O)N2CCC(c3ccc(Cl)cc3)C2)CC1)CNS(=O)C(C)(C)C. The van der Waals surface area contributed by atoms with Crippen molar-refractivity contribution in [3.63, 3.8) is 0 Å². The summed E-state index contributed by atoms with van der Waals surface area (Å²) in [7, 11) is -1.20. The van der Waals surface area contributed by atoms with Gasteiger partial charge < -0.3 is 14.7 Å². The van der Waals surface area contributed by atoms with Crippen LogP contribution in [0.1, 0.15) is 63.1 Å². The van der Waals surface area contributed by atoms with Gasteiger partial charge in [-0.3, -0.25) is 0 Å². The van der Waals surface area contributed by atoms with Crippen LogP contribution >= 0.6 is 11.6 Å². The Bertz CT molecular complexity index is 1240. The van der Waals surface area contributed by atoms with Crippen molar-refractivity contribution in [2.45, 2.75) is 63.8 Å². The Kier molecular flexibility index (Phi) is 10.5. The maximum absolute atomic E-state index is 13.6. The molecular weight excluding hydrogens is 585 g/mol. The van der Waals surface area contributed by atoms with Crippen molar-refractivity contribution in [1.29, 1.82) is 0 Å². The summed E-state index contributed by atoms with van der Waals surface area (Å²) in [4.78, 5) is 19.2. The molecule has 2 saturated heterocycles. The number of benzene rings is 2. The highest BCUT2D eigenvalue weighted by Crippen LogP contribution is 2.35. The smallest absolute Gasteiger partial charge is 0.368 e. The van der Waals surface area contributed by atoms with Crippen LogP contribution < -0.4 is 9.62 Å². The fourth-order valence-electron chi connectivity index (χ4n) is 5.49. The number of likely N-dealkylation sites (tertiary alicyclic amines) is 1. The molecule has 42 heavy (non-hydrogen) atoms. The molecule has 1 N–H and O–H groups in total. The molecule has 2 fully saturated rings. The highest BCUT2D eigenvalue weighted by atomic mass is 35.5. The molecule has 3 atom stereocenters. The Morgan fingerprint density at radius 3 is 2.31 bits per heavy atom. The molecule has 0 aliphatic carbocycles. The van der Waals surface area contributed by atoms with Crippen LogP contribution in [-0.2, 0) is 23.6 Å². The number of halogens is 4. The van der Waals surface area contributed by atoms with Crippen molar-refractivity contribution in [2.75, 3.05) is 50.7 Å². The first-order chi connectivity index (χ1) is 19.7. The van der Waals surface area contributed by atoms with Crippen LogP contribution in [0.4, 0.5) is 23.7 Å². The largest absolute Gasteiger partial charge is 0.416 e. The third-order valence-corrected chi connectivity index (χ3v) is 9.92. The fourth-order valence-corrected chi connectivity index (χ4v) is 6.48. The molecule has 2 aromatic carbocycles. The second kappa shape index (κ2) is 13.6. The van der Waals surface area contributed by atoms with E-state index in [1.165, 1.54) is 11.6 Å². The van der Waals surface area contributed by atoms with E-state index >= 15 is 0 Å². The molecule has 2 heterocycles. The number of urea groups is 1. The van der Waals surface area contributed by atoms with Gasteiger partial charge in [-0.25, -0.2) is 13.7 Å². The molecule has 11 heteroatoms. The molecule has 232 valence electrons. The first-order valence-electron chi connectivity index (χ1n) is 14.6. The first kappa shape index (κ1) is 32.6. The predicted molar refractivity (Wildman–Crippen MR) is 164 cm³/mol. The Morgan fingerprint density at radius 2 is 1.69 bits per heavy atom. The molecule has 2 aliphatic heterocycles. The van der Waals surface area contributed by atoms with Crippen LogP contribution in [0, 0.1) is 5.92 Å². The van der Waals surface area contributed by atoms with Gasteiger partial charge >= 0.3 is 12.2 Å². The summed E-state index contributed by atoms with van der Waals surface area (Å²) < 4.78 is 55.8. The molecule has 0 bridgehead atoms. The molecule has 0 spiro atoms. The number of piperazine rings is 1. The van der Waals surface area contributed by atoms with Gasteiger partial charge in [0, 0.05) is 62.4 Å². The second-order valence-corrected chi connectivity index (χ2v) is 14.9. The predicted octanol–water partition coefficient (Wildman–Crippen LogP) is 6.71. The lowest BCUT2D eigenvalue weighted by Gasteiger charge is -2.38. The molecule has 2 aliphatic rings. The van der Waals surface area contributed by atoms with E-state index in [-0.39, 0.29) is 22.6 Å². The van der Waals surface area contributed by atoms with Crippen LogP contribution in [0.2, 0.25) is 5.02 Å². The van der Waals surface area contributed by atoms with Gasteiger partial charge in [-0.1, -0.05) is 30.7 Å². The standard InChI is InChI=1S/C31H42ClF3N4O2S/c1-22(20-36-42(41)30(2,3)4)5-6-24-19-26(31(33,34)35)9-12-28(24)37-15-17-38(18-16-37)29(40)39-14-13-25(21-39)23-7-10-27(32)11-8-23/h7-12,19,22,25,36H,5-6,13-18,20-21H2,1-4H3. The topological polar surface area (TPSA) is 55.9 Å². The average Bonchev–Trinajstić information content (AvgIpc) is 3.44. The van der Waals surface area contributed by atoms with E-state index in [1.54, 1.807) is 6.07 Å². The van der Waals surface area contributed by atoms with Crippen molar-refractivity contribution >= 4 is 34.3 Å². The number of nitrogens with one attached hydrogen (secondary N) is 1. The van der Waals surface area contributed by atoms with Gasteiger partial charge in [0.25, 0.3) is 0 Å². The summed E-state index contributed by atoms with van der Waals surface area (Å²) in [5, 5.41) is 0.694. The average molecular weight is 627 g/mol. The number of carbonyl (C=O) groups excluding carboxylic acids is 1. The number of rotatable bonds is 8. The highest BCUT2D eigenvalue weighted by molar-refractivity contribution is 7.84. The van der Waals surface area contributed by atoms with E-state index in [1.807, 2.05) is 61.8 Å². The molecular formula is C31H42ClF3N4O2S. The third-order valence-electron chi connectivity index (χ3n) is 8.12. The Morgan fingerprint density at radius 1 is 1.02 bits per heavy atom. The summed E-state index contributed by atoms with van der Waals surface area (Å²) in [6, 6.07) is 11.8. The molecule has 3 unspecified atom stereocenters. The van der Waals surface area contributed by atoms with Crippen LogP contribution in [0.25, 0.3) is 0 Å². The van der Waals surface area contributed by atoms with Crippen molar-refractivity contribution < 1.29 is 22.2 Å². The Labute approximate surface area is 255 Å². The fraction of sp³-hybridized carbons (Fsp3) is 0.581. The number of hydrogen-bond acceptors (Lipinski definition) is 3. The summed E-state index contributed by atoms with van der Waals surface area (Å²) in [6.07, 6.45) is -2.38. The maximum atomic E-state index is 13.6. The minimum atomic E-state index is -4.42. The molecule has 0 radical (unpaired) electrons. The second-order valence-electron chi connectivity index (χ2n) is 12.5.